The van der Waals surface area contributed by atoms with Crippen LogP contribution in [-0.4, -0.2) is 16.2 Å². The van der Waals surface area contributed by atoms with Crippen molar-refractivity contribution >= 4 is 34.2 Å². The number of hydrogen-bond acceptors (Lipinski definition) is 3. The molecule has 30 heavy (non-hydrogen) atoms. The van der Waals surface area contributed by atoms with E-state index in [-0.39, 0.29) is 0 Å². The van der Waals surface area contributed by atoms with Crippen LogP contribution < -0.4 is 9.47 Å². The summed E-state index contributed by atoms with van der Waals surface area (Å²) in [6.07, 6.45) is 0. The van der Waals surface area contributed by atoms with Gasteiger partial charge in [-0.15, -0.1) is 0 Å². The first-order valence-corrected chi connectivity index (χ1v) is 10.5. The number of nitrogens with zero attached hydrogens (tertiary/aromatic N) is 2. The Morgan fingerprint density at radius 2 is 1.67 bits per heavy atom. The quantitative estimate of drug-likeness (QED) is 0.324. The van der Waals surface area contributed by atoms with Crippen molar-refractivity contribution in [3.8, 4) is 11.5 Å². The fourth-order valence-corrected chi connectivity index (χ4v) is 3.95. The Bertz CT molecular complexity index is 1170. The smallest absolute Gasteiger partial charge is 0.148 e. The second-order valence-corrected chi connectivity index (χ2v) is 7.94. The Labute approximate surface area is 186 Å². The van der Waals surface area contributed by atoms with Crippen molar-refractivity contribution in [3.05, 3.63) is 87.7 Å². The number of halogens is 2. The zero-order valence-electron chi connectivity index (χ0n) is 16.9. The van der Waals surface area contributed by atoms with Crippen LogP contribution in [0.3, 0.4) is 0 Å². The molecule has 0 aliphatic carbocycles. The summed E-state index contributed by atoms with van der Waals surface area (Å²) in [5.41, 5.74) is 4.23. The summed E-state index contributed by atoms with van der Waals surface area (Å²) in [5.74, 6) is 2.33. The van der Waals surface area contributed by atoms with E-state index in [1.54, 1.807) is 18.2 Å². The van der Waals surface area contributed by atoms with E-state index in [9.17, 15) is 0 Å². The Morgan fingerprint density at radius 3 is 2.43 bits per heavy atom. The van der Waals surface area contributed by atoms with E-state index in [1.165, 1.54) is 0 Å². The van der Waals surface area contributed by atoms with Gasteiger partial charge in [0.1, 0.15) is 30.5 Å². The van der Waals surface area contributed by atoms with Crippen molar-refractivity contribution in [1.29, 1.82) is 0 Å². The molecule has 3 aromatic carbocycles. The number of benzene rings is 3. The van der Waals surface area contributed by atoms with Gasteiger partial charge in [-0.1, -0.05) is 53.5 Å². The predicted molar refractivity (Wildman–Crippen MR) is 122 cm³/mol. The second kappa shape index (κ2) is 8.99. The molecule has 1 heterocycles. The maximum atomic E-state index is 6.24. The number of hydrogen-bond donors (Lipinski definition) is 0. The lowest BCUT2D eigenvalue weighted by molar-refractivity contribution is 0.271. The Kier molecular flexibility index (Phi) is 6.16. The van der Waals surface area contributed by atoms with Crippen molar-refractivity contribution in [2.24, 2.45) is 0 Å². The van der Waals surface area contributed by atoms with Crippen LogP contribution >= 0.6 is 23.2 Å². The van der Waals surface area contributed by atoms with Crippen molar-refractivity contribution in [2.75, 3.05) is 6.61 Å². The van der Waals surface area contributed by atoms with E-state index in [0.717, 1.165) is 33.7 Å². The molecule has 0 aliphatic heterocycles. The molecule has 4 nitrogen and oxygen atoms in total. The molecular formula is C24H22Cl2N2O2. The van der Waals surface area contributed by atoms with Gasteiger partial charge in [-0.05, 0) is 55.3 Å². The highest BCUT2D eigenvalue weighted by Crippen LogP contribution is 2.28. The number of aryl methyl sites for hydroxylation is 2. The van der Waals surface area contributed by atoms with Gasteiger partial charge in [-0.3, -0.25) is 0 Å². The largest absolute Gasteiger partial charge is 0.491 e. The van der Waals surface area contributed by atoms with Crippen LogP contribution in [0.4, 0.5) is 0 Å². The van der Waals surface area contributed by atoms with Gasteiger partial charge in [0.05, 0.1) is 22.6 Å². The fraction of sp³-hybridized carbons (Fsp3) is 0.208. The maximum absolute atomic E-state index is 6.24. The molecule has 0 spiro atoms. The van der Waals surface area contributed by atoms with Gasteiger partial charge >= 0.3 is 0 Å². The van der Waals surface area contributed by atoms with E-state index >= 15 is 0 Å². The Hall–Kier alpha value is -2.69. The molecule has 6 heteroatoms. The van der Waals surface area contributed by atoms with Crippen LogP contribution in [-0.2, 0) is 13.2 Å². The predicted octanol–water partition coefficient (Wildman–Crippen LogP) is 6.62. The molecule has 0 saturated carbocycles. The first kappa shape index (κ1) is 20.6. The summed E-state index contributed by atoms with van der Waals surface area (Å²) in [4.78, 5) is 4.75. The fourth-order valence-electron chi connectivity index (χ4n) is 3.49. The molecule has 4 rings (SSSR count). The van der Waals surface area contributed by atoms with Crippen molar-refractivity contribution < 1.29 is 9.47 Å². The van der Waals surface area contributed by atoms with Crippen molar-refractivity contribution in [3.63, 3.8) is 0 Å². The number of aromatic nitrogens is 2. The van der Waals surface area contributed by atoms with Gasteiger partial charge in [-0.25, -0.2) is 4.98 Å². The molecule has 0 unspecified atom stereocenters. The minimum atomic E-state index is 0.291. The molecular weight excluding hydrogens is 419 g/mol. The third-order valence-electron chi connectivity index (χ3n) is 4.95. The van der Waals surface area contributed by atoms with Gasteiger partial charge in [0.25, 0.3) is 0 Å². The van der Waals surface area contributed by atoms with Gasteiger partial charge in [0, 0.05) is 5.02 Å². The Balaban J connectivity index is 1.54. The van der Waals surface area contributed by atoms with Crippen LogP contribution in [0.1, 0.15) is 17.0 Å². The summed E-state index contributed by atoms with van der Waals surface area (Å²) in [6.45, 7) is 5.59. The third kappa shape index (κ3) is 4.40. The van der Waals surface area contributed by atoms with E-state index in [1.807, 2.05) is 24.3 Å². The average molecular weight is 441 g/mol. The number of para-hydroxylation sites is 3. The molecule has 1 aromatic heterocycles. The van der Waals surface area contributed by atoms with Crippen LogP contribution in [0.25, 0.3) is 11.0 Å². The molecule has 0 saturated heterocycles. The first-order chi connectivity index (χ1) is 14.5. The van der Waals surface area contributed by atoms with Gasteiger partial charge in [0.2, 0.25) is 0 Å². The zero-order chi connectivity index (χ0) is 21.1. The number of rotatable bonds is 7. The van der Waals surface area contributed by atoms with Gasteiger partial charge < -0.3 is 14.0 Å². The van der Waals surface area contributed by atoms with Gasteiger partial charge in [0.15, 0.2) is 0 Å². The summed E-state index contributed by atoms with van der Waals surface area (Å²) in [5, 5.41) is 1.05. The summed E-state index contributed by atoms with van der Waals surface area (Å²) >= 11 is 12.2. The van der Waals surface area contributed by atoms with E-state index in [4.69, 9.17) is 37.7 Å². The summed E-state index contributed by atoms with van der Waals surface area (Å²) < 4.78 is 14.2. The lowest BCUT2D eigenvalue weighted by atomic mass is 10.1. The van der Waals surface area contributed by atoms with Gasteiger partial charge in [-0.2, -0.15) is 0 Å². The highest BCUT2D eigenvalue weighted by molar-refractivity contribution is 6.35. The molecule has 0 N–H and O–H groups in total. The topological polar surface area (TPSA) is 36.3 Å². The van der Waals surface area contributed by atoms with Crippen LogP contribution in [0.2, 0.25) is 10.0 Å². The highest BCUT2D eigenvalue weighted by Gasteiger charge is 2.13. The summed E-state index contributed by atoms with van der Waals surface area (Å²) in [7, 11) is 0. The maximum Gasteiger partial charge on any atom is 0.148 e. The minimum Gasteiger partial charge on any atom is -0.491 e. The number of ether oxygens (including phenoxy) is 2. The second-order valence-electron chi connectivity index (χ2n) is 7.10. The van der Waals surface area contributed by atoms with Crippen LogP contribution in [0.5, 0.6) is 11.5 Å². The van der Waals surface area contributed by atoms with E-state index < -0.39 is 0 Å². The minimum absolute atomic E-state index is 0.291. The molecule has 0 aliphatic rings. The number of imidazole rings is 1. The molecule has 0 fully saturated rings. The molecule has 0 amide bonds. The zero-order valence-corrected chi connectivity index (χ0v) is 18.4. The lowest BCUT2D eigenvalue weighted by Crippen LogP contribution is -2.13. The Morgan fingerprint density at radius 1 is 0.900 bits per heavy atom. The number of fused-ring (bicyclic) bond motifs is 1. The van der Waals surface area contributed by atoms with Crippen molar-refractivity contribution in [1.82, 2.24) is 9.55 Å². The normalized spacial score (nSPS) is 11.1. The first-order valence-electron chi connectivity index (χ1n) is 9.74. The average Bonchev–Trinajstić information content (AvgIpc) is 3.07. The van der Waals surface area contributed by atoms with Crippen LogP contribution in [0, 0.1) is 13.8 Å². The lowest BCUT2D eigenvalue weighted by Gasteiger charge is -2.14. The van der Waals surface area contributed by atoms with E-state index in [0.29, 0.717) is 35.6 Å². The van der Waals surface area contributed by atoms with E-state index in [2.05, 4.69) is 36.6 Å². The molecule has 4 aromatic rings. The molecule has 0 radical (unpaired) electrons. The third-order valence-corrected chi connectivity index (χ3v) is 5.48. The summed E-state index contributed by atoms with van der Waals surface area (Å²) in [6, 6.07) is 19.4. The van der Waals surface area contributed by atoms with Crippen LogP contribution in [0.15, 0.2) is 60.7 Å². The molecule has 154 valence electrons. The molecule has 0 atom stereocenters. The SMILES string of the molecule is Cc1cccc(C)c1OCCn1c(COc2ccc(Cl)cc2Cl)nc2ccccc21. The highest BCUT2D eigenvalue weighted by atomic mass is 35.5. The molecule has 0 bridgehead atoms. The van der Waals surface area contributed by atoms with Crippen molar-refractivity contribution in [2.45, 2.75) is 27.0 Å². The monoisotopic (exact) mass is 440 g/mol. The standard InChI is InChI=1S/C24H22Cl2N2O2/c1-16-6-5-7-17(2)24(16)29-13-12-28-21-9-4-3-8-20(21)27-23(28)15-30-22-11-10-18(25)14-19(22)26/h3-11,14H,12-13,15H2,1-2H3.